The summed E-state index contributed by atoms with van der Waals surface area (Å²) in [5, 5.41) is 30.8. The van der Waals surface area contributed by atoms with Crippen LogP contribution in [0.15, 0.2) is 24.7 Å². The second-order valence-electron chi connectivity index (χ2n) is 6.99. The molecule has 0 aromatic rings. The Morgan fingerprint density at radius 2 is 1.58 bits per heavy atom. The van der Waals surface area contributed by atoms with Crippen molar-refractivity contribution in [3.63, 3.8) is 0 Å². The summed E-state index contributed by atoms with van der Waals surface area (Å²) in [5.41, 5.74) is 0. The molecule has 0 saturated carbocycles. The Labute approximate surface area is 154 Å². The van der Waals surface area contributed by atoms with Gasteiger partial charge in [0.1, 0.15) is 12.2 Å². The summed E-state index contributed by atoms with van der Waals surface area (Å²) < 4.78 is 26.7. The van der Waals surface area contributed by atoms with E-state index in [0.29, 0.717) is 13.1 Å². The maximum atomic E-state index is 11.7. The molecule has 2 fully saturated rings. The van der Waals surface area contributed by atoms with Crippen molar-refractivity contribution in [2.24, 2.45) is 0 Å². The SMILES string of the molecule is CN1CC=COP1[C@@]1(O)[C@H]2CO[C@@H]1[C@](O)(P1OC=CCN1C)[C@@](C)(O)O2. The molecule has 9 nitrogen and oxygen atoms in total. The molecule has 4 rings (SSSR count). The molecule has 7 atom stereocenters. The van der Waals surface area contributed by atoms with Gasteiger partial charge in [-0.2, -0.15) is 0 Å². The number of fused-ring (bicyclic) bond motifs is 2. The minimum absolute atomic E-state index is 0.0438. The van der Waals surface area contributed by atoms with Gasteiger partial charge < -0.3 is 33.8 Å². The summed E-state index contributed by atoms with van der Waals surface area (Å²) in [6, 6.07) is 0. The van der Waals surface area contributed by atoms with Crippen LogP contribution in [0.1, 0.15) is 6.92 Å². The van der Waals surface area contributed by atoms with Crippen molar-refractivity contribution in [1.29, 1.82) is 0 Å². The number of likely N-dealkylation sites (N-methyl/N-ethyl adjacent to an activating group) is 2. The number of rotatable bonds is 2. The van der Waals surface area contributed by atoms with Gasteiger partial charge in [0.2, 0.25) is 27.7 Å². The van der Waals surface area contributed by atoms with Crippen molar-refractivity contribution in [3.8, 4) is 0 Å². The van der Waals surface area contributed by atoms with Crippen LogP contribution in [0, 0.1) is 0 Å². The van der Waals surface area contributed by atoms with Gasteiger partial charge in [0.05, 0.1) is 19.1 Å². The Bertz CT molecular complexity index is 635. The molecule has 4 aliphatic heterocycles. The van der Waals surface area contributed by atoms with Gasteiger partial charge >= 0.3 is 0 Å². The minimum atomic E-state index is -1.99. The molecule has 4 aliphatic rings. The molecule has 0 aliphatic carbocycles. The van der Waals surface area contributed by atoms with Gasteiger partial charge in [-0.15, -0.1) is 0 Å². The molecule has 2 bridgehead atoms. The van der Waals surface area contributed by atoms with Gasteiger partial charge in [-0.3, -0.25) is 0 Å². The molecule has 3 N–H and O–H groups in total. The fraction of sp³-hybridized carbons (Fsp3) is 0.733. The largest absolute Gasteiger partial charge is 0.463 e. The molecule has 26 heavy (non-hydrogen) atoms. The van der Waals surface area contributed by atoms with Gasteiger partial charge in [0.25, 0.3) is 0 Å². The molecule has 146 valence electrons. The highest BCUT2D eigenvalue weighted by atomic mass is 31.2. The smallest absolute Gasteiger partial charge is 0.217 e. The molecular weight excluding hydrogens is 382 g/mol. The Balaban J connectivity index is 1.78. The normalized spacial score (nSPS) is 51.9. The van der Waals surface area contributed by atoms with E-state index in [0.717, 1.165) is 0 Å². The van der Waals surface area contributed by atoms with Crippen LogP contribution in [0.4, 0.5) is 0 Å². The van der Waals surface area contributed by atoms with E-state index in [4.69, 9.17) is 18.5 Å². The maximum absolute atomic E-state index is 11.7. The summed E-state index contributed by atoms with van der Waals surface area (Å²) in [6.07, 6.45) is 4.72. The van der Waals surface area contributed by atoms with E-state index in [1.54, 1.807) is 24.1 Å². The van der Waals surface area contributed by atoms with E-state index >= 15 is 0 Å². The van der Waals surface area contributed by atoms with Crippen LogP contribution >= 0.6 is 16.6 Å². The number of nitrogens with zero attached hydrogens (tertiary/aromatic N) is 2. The Morgan fingerprint density at radius 1 is 1.00 bits per heavy atom. The third kappa shape index (κ3) is 2.43. The summed E-state index contributed by atoms with van der Waals surface area (Å²) in [7, 11) is 0.249. The molecule has 0 amide bonds. The average Bonchev–Trinajstić information content (AvgIpc) is 2.86. The third-order valence-corrected chi connectivity index (χ3v) is 9.74. The average molecular weight is 406 g/mol. The zero-order valence-corrected chi connectivity index (χ0v) is 16.6. The summed E-state index contributed by atoms with van der Waals surface area (Å²) >= 11 is 0. The van der Waals surface area contributed by atoms with Crippen molar-refractivity contribution in [3.05, 3.63) is 24.7 Å². The van der Waals surface area contributed by atoms with Crippen LogP contribution in [-0.2, 0) is 18.5 Å². The second kappa shape index (κ2) is 6.34. The Kier molecular flexibility index (Phi) is 4.63. The topological polar surface area (TPSA) is 104 Å². The Morgan fingerprint density at radius 3 is 2.15 bits per heavy atom. The number of hydrogen-bond donors (Lipinski definition) is 3. The molecule has 0 radical (unpaired) electrons. The van der Waals surface area contributed by atoms with Crippen LogP contribution in [-0.4, -0.2) is 87.1 Å². The predicted octanol–water partition coefficient (Wildman–Crippen LogP) is 0.445. The van der Waals surface area contributed by atoms with Gasteiger partial charge in [-0.25, -0.2) is 9.34 Å². The van der Waals surface area contributed by atoms with Gasteiger partial charge in [0.15, 0.2) is 5.34 Å². The molecule has 0 aromatic heterocycles. The van der Waals surface area contributed by atoms with Crippen molar-refractivity contribution >= 4 is 16.6 Å². The molecule has 0 aromatic carbocycles. The number of ether oxygens (including phenoxy) is 2. The fourth-order valence-corrected chi connectivity index (χ4v) is 8.26. The molecule has 0 spiro atoms. The first-order chi connectivity index (χ1) is 12.2. The van der Waals surface area contributed by atoms with Crippen molar-refractivity contribution in [2.45, 2.75) is 35.6 Å². The highest BCUT2D eigenvalue weighted by Gasteiger charge is 2.78. The van der Waals surface area contributed by atoms with Gasteiger partial charge in [-0.05, 0) is 33.2 Å². The van der Waals surface area contributed by atoms with E-state index in [2.05, 4.69) is 0 Å². The zero-order valence-electron chi connectivity index (χ0n) is 14.8. The van der Waals surface area contributed by atoms with Crippen molar-refractivity contribution in [1.82, 2.24) is 9.34 Å². The van der Waals surface area contributed by atoms with E-state index in [1.807, 2.05) is 17.8 Å². The number of aliphatic hydroxyl groups is 3. The quantitative estimate of drug-likeness (QED) is 0.564. The number of hydrogen-bond acceptors (Lipinski definition) is 9. The third-order valence-electron chi connectivity index (χ3n) is 5.17. The minimum Gasteiger partial charge on any atom is -0.463 e. The lowest BCUT2D eigenvalue weighted by Gasteiger charge is -2.57. The van der Waals surface area contributed by atoms with Crippen LogP contribution in [0.25, 0.3) is 0 Å². The lowest BCUT2D eigenvalue weighted by molar-refractivity contribution is -0.333. The predicted molar refractivity (Wildman–Crippen MR) is 94.7 cm³/mol. The fourth-order valence-electron chi connectivity index (χ4n) is 3.84. The van der Waals surface area contributed by atoms with Crippen LogP contribution in [0.2, 0.25) is 0 Å². The maximum Gasteiger partial charge on any atom is 0.217 e. The second-order valence-corrected chi connectivity index (χ2v) is 11.3. The highest BCUT2D eigenvalue weighted by Crippen LogP contribution is 2.71. The van der Waals surface area contributed by atoms with Gasteiger partial charge in [-0.1, -0.05) is 0 Å². The summed E-state index contributed by atoms with van der Waals surface area (Å²) in [6.45, 7) is 2.56. The van der Waals surface area contributed by atoms with E-state index in [1.165, 1.54) is 13.2 Å². The Hall–Kier alpha value is -0.340. The first-order valence-electron chi connectivity index (χ1n) is 8.35. The van der Waals surface area contributed by atoms with E-state index in [-0.39, 0.29) is 6.61 Å². The lowest BCUT2D eigenvalue weighted by atomic mass is 9.94. The lowest BCUT2D eigenvalue weighted by Crippen LogP contribution is -2.73. The monoisotopic (exact) mass is 406 g/mol. The molecule has 2 saturated heterocycles. The first kappa shape index (κ1) is 19.0. The molecule has 2 unspecified atom stereocenters. The van der Waals surface area contributed by atoms with Crippen molar-refractivity contribution < 1.29 is 33.8 Å². The standard InChI is InChI=1S/C15H24N2O7P2/c1-13(18)15(20,26-17(3)7-5-9-23-26)12-14(19,11(24-13)10-21-12)25-16(2)6-4-8-22-25/h4-5,8-9,11-12,18-20H,6-7,10H2,1-3H3/t11-,12+,13+,14+,15+,25?,26?/m1/s1. The molecular formula is C15H24N2O7P2. The zero-order chi connectivity index (χ0) is 18.7. The molecule has 4 heterocycles. The first-order valence-corrected chi connectivity index (χ1v) is 10.8. The summed E-state index contributed by atoms with van der Waals surface area (Å²) in [5.74, 6) is -1.96. The van der Waals surface area contributed by atoms with E-state index < -0.39 is 45.3 Å². The van der Waals surface area contributed by atoms with Gasteiger partial charge in [0, 0.05) is 13.1 Å². The molecule has 11 heteroatoms. The summed E-state index contributed by atoms with van der Waals surface area (Å²) in [4.78, 5) is 0. The van der Waals surface area contributed by atoms with Crippen molar-refractivity contribution in [2.75, 3.05) is 33.8 Å². The highest BCUT2D eigenvalue weighted by molar-refractivity contribution is 7.53. The van der Waals surface area contributed by atoms with Crippen LogP contribution < -0.4 is 0 Å². The van der Waals surface area contributed by atoms with Crippen LogP contribution in [0.3, 0.4) is 0 Å². The van der Waals surface area contributed by atoms with E-state index in [9.17, 15) is 15.3 Å². The van der Waals surface area contributed by atoms with Crippen LogP contribution in [0.5, 0.6) is 0 Å².